The standard InChI is InChI=1S/C17H18ClIN2/c1-2-5-14-15(19)16(18)21-17(20-14)13-9-8-11-6-3-4-7-12(11)10-13/h3-4,6-7,13H,2,5,8-10H2,1H3. The molecule has 1 aromatic heterocycles. The average molecular weight is 413 g/mol. The van der Waals surface area contributed by atoms with Crippen molar-refractivity contribution in [3.05, 3.63) is 55.6 Å². The Hall–Kier alpha value is -0.680. The summed E-state index contributed by atoms with van der Waals surface area (Å²) >= 11 is 8.57. The van der Waals surface area contributed by atoms with Gasteiger partial charge in [0.05, 0.1) is 9.26 Å². The zero-order valence-electron chi connectivity index (χ0n) is 12.1. The number of nitrogens with zero attached hydrogens (tertiary/aromatic N) is 2. The van der Waals surface area contributed by atoms with Crippen LogP contribution in [0.15, 0.2) is 24.3 Å². The van der Waals surface area contributed by atoms with E-state index in [4.69, 9.17) is 16.6 Å². The van der Waals surface area contributed by atoms with Gasteiger partial charge in [-0.3, -0.25) is 0 Å². The first-order chi connectivity index (χ1) is 10.2. The highest BCUT2D eigenvalue weighted by Gasteiger charge is 2.23. The van der Waals surface area contributed by atoms with E-state index in [9.17, 15) is 0 Å². The van der Waals surface area contributed by atoms with Crippen LogP contribution in [0.4, 0.5) is 0 Å². The first-order valence-corrected chi connectivity index (χ1v) is 8.93. The summed E-state index contributed by atoms with van der Waals surface area (Å²) in [6, 6.07) is 8.70. The van der Waals surface area contributed by atoms with E-state index in [2.05, 4.69) is 58.8 Å². The van der Waals surface area contributed by atoms with E-state index < -0.39 is 0 Å². The van der Waals surface area contributed by atoms with E-state index >= 15 is 0 Å². The van der Waals surface area contributed by atoms with Crippen LogP contribution in [0.25, 0.3) is 0 Å². The third-order valence-electron chi connectivity index (χ3n) is 4.10. The Morgan fingerprint density at radius 1 is 1.24 bits per heavy atom. The molecule has 2 aromatic rings. The van der Waals surface area contributed by atoms with Gasteiger partial charge < -0.3 is 0 Å². The number of aryl methyl sites for hydroxylation is 2. The SMILES string of the molecule is CCCc1nc(C2CCc3ccccc3C2)nc(Cl)c1I. The lowest BCUT2D eigenvalue weighted by molar-refractivity contribution is 0.551. The molecule has 0 radical (unpaired) electrons. The predicted octanol–water partition coefficient (Wildman–Crippen LogP) is 4.96. The summed E-state index contributed by atoms with van der Waals surface area (Å²) in [6.07, 6.45) is 5.29. The molecule has 110 valence electrons. The topological polar surface area (TPSA) is 25.8 Å². The molecule has 0 amide bonds. The maximum atomic E-state index is 6.32. The van der Waals surface area contributed by atoms with Crippen LogP contribution in [-0.4, -0.2) is 9.97 Å². The Morgan fingerprint density at radius 3 is 2.76 bits per heavy atom. The van der Waals surface area contributed by atoms with Gasteiger partial charge in [0, 0.05) is 5.92 Å². The summed E-state index contributed by atoms with van der Waals surface area (Å²) in [5.41, 5.74) is 4.01. The Morgan fingerprint density at radius 2 is 2.00 bits per heavy atom. The minimum Gasteiger partial charge on any atom is -0.236 e. The summed E-state index contributed by atoms with van der Waals surface area (Å²) in [5, 5.41) is 0.614. The summed E-state index contributed by atoms with van der Waals surface area (Å²) in [5.74, 6) is 1.32. The number of hydrogen-bond donors (Lipinski definition) is 0. The maximum absolute atomic E-state index is 6.32. The number of rotatable bonds is 3. The Labute approximate surface area is 144 Å². The highest BCUT2D eigenvalue weighted by atomic mass is 127. The molecular formula is C17H18ClIN2. The molecule has 0 aliphatic heterocycles. The van der Waals surface area contributed by atoms with Crippen molar-refractivity contribution < 1.29 is 0 Å². The van der Waals surface area contributed by atoms with Crippen LogP contribution in [0.5, 0.6) is 0 Å². The van der Waals surface area contributed by atoms with Gasteiger partial charge >= 0.3 is 0 Å². The van der Waals surface area contributed by atoms with Gasteiger partial charge in [-0.25, -0.2) is 9.97 Å². The second kappa shape index (κ2) is 6.61. The van der Waals surface area contributed by atoms with Crippen molar-refractivity contribution in [1.82, 2.24) is 9.97 Å². The number of benzene rings is 1. The van der Waals surface area contributed by atoms with Crippen molar-refractivity contribution in [3.8, 4) is 0 Å². The van der Waals surface area contributed by atoms with Crippen LogP contribution in [0.1, 0.15) is 48.3 Å². The monoisotopic (exact) mass is 412 g/mol. The molecule has 2 nitrogen and oxygen atoms in total. The van der Waals surface area contributed by atoms with Gasteiger partial charge in [-0.05, 0) is 59.4 Å². The van der Waals surface area contributed by atoms with Crippen molar-refractivity contribution in [2.24, 2.45) is 0 Å². The van der Waals surface area contributed by atoms with Crippen LogP contribution < -0.4 is 0 Å². The smallest absolute Gasteiger partial charge is 0.146 e. The van der Waals surface area contributed by atoms with E-state index in [0.29, 0.717) is 11.1 Å². The lowest BCUT2D eigenvalue weighted by Crippen LogP contribution is -2.16. The predicted molar refractivity (Wildman–Crippen MR) is 95.0 cm³/mol. The molecule has 0 fully saturated rings. The van der Waals surface area contributed by atoms with E-state index in [1.54, 1.807) is 0 Å². The molecular weight excluding hydrogens is 395 g/mol. The molecule has 1 aliphatic carbocycles. The first kappa shape index (κ1) is 15.2. The van der Waals surface area contributed by atoms with Gasteiger partial charge in [0.25, 0.3) is 0 Å². The highest BCUT2D eigenvalue weighted by molar-refractivity contribution is 14.1. The first-order valence-electron chi connectivity index (χ1n) is 7.47. The van der Waals surface area contributed by atoms with Crippen molar-refractivity contribution in [2.45, 2.75) is 44.9 Å². The van der Waals surface area contributed by atoms with Crippen LogP contribution in [-0.2, 0) is 19.3 Å². The fourth-order valence-electron chi connectivity index (χ4n) is 2.98. The lowest BCUT2D eigenvalue weighted by Gasteiger charge is -2.24. The van der Waals surface area contributed by atoms with E-state index in [1.165, 1.54) is 11.1 Å². The van der Waals surface area contributed by atoms with Crippen LogP contribution in [0.3, 0.4) is 0 Å². The summed E-state index contributed by atoms with van der Waals surface area (Å²) in [4.78, 5) is 9.38. The summed E-state index contributed by atoms with van der Waals surface area (Å²) in [6.45, 7) is 2.17. The van der Waals surface area contributed by atoms with Gasteiger partial charge in [0.2, 0.25) is 0 Å². The van der Waals surface area contributed by atoms with Gasteiger partial charge in [-0.1, -0.05) is 49.2 Å². The molecule has 0 bridgehead atoms. The largest absolute Gasteiger partial charge is 0.236 e. The number of halogens is 2. The van der Waals surface area contributed by atoms with Gasteiger partial charge in [0.1, 0.15) is 11.0 Å². The molecule has 1 heterocycles. The van der Waals surface area contributed by atoms with Gasteiger partial charge in [-0.2, -0.15) is 0 Å². The molecule has 0 saturated heterocycles. The number of fused-ring (bicyclic) bond motifs is 1. The Bertz CT molecular complexity index is 657. The second-order valence-corrected chi connectivity index (χ2v) is 7.03. The third-order valence-corrected chi connectivity index (χ3v) is 5.82. The zero-order chi connectivity index (χ0) is 14.8. The number of aromatic nitrogens is 2. The molecule has 0 spiro atoms. The molecule has 0 N–H and O–H groups in total. The quantitative estimate of drug-likeness (QED) is 0.526. The minimum atomic E-state index is 0.394. The maximum Gasteiger partial charge on any atom is 0.146 e. The summed E-state index contributed by atoms with van der Waals surface area (Å²) < 4.78 is 1.01. The molecule has 21 heavy (non-hydrogen) atoms. The Kier molecular flexibility index (Phi) is 4.79. The van der Waals surface area contributed by atoms with Crippen molar-refractivity contribution in [1.29, 1.82) is 0 Å². The van der Waals surface area contributed by atoms with Crippen LogP contribution in [0.2, 0.25) is 5.15 Å². The molecule has 1 unspecified atom stereocenters. The molecule has 1 aromatic carbocycles. The van der Waals surface area contributed by atoms with Crippen molar-refractivity contribution in [2.75, 3.05) is 0 Å². The fraction of sp³-hybridized carbons (Fsp3) is 0.412. The van der Waals surface area contributed by atoms with Gasteiger partial charge in [0.15, 0.2) is 0 Å². The zero-order valence-corrected chi connectivity index (χ0v) is 15.0. The second-order valence-electron chi connectivity index (χ2n) is 5.59. The van der Waals surface area contributed by atoms with Crippen molar-refractivity contribution in [3.63, 3.8) is 0 Å². The van der Waals surface area contributed by atoms with Crippen LogP contribution in [0, 0.1) is 3.57 Å². The van der Waals surface area contributed by atoms with Crippen LogP contribution >= 0.6 is 34.2 Å². The molecule has 3 rings (SSSR count). The lowest BCUT2D eigenvalue weighted by atomic mass is 9.83. The number of hydrogen-bond acceptors (Lipinski definition) is 2. The van der Waals surface area contributed by atoms with E-state index in [0.717, 1.165) is 47.2 Å². The molecule has 1 aliphatic rings. The minimum absolute atomic E-state index is 0.394. The fourth-order valence-corrected chi connectivity index (χ4v) is 3.69. The van der Waals surface area contributed by atoms with E-state index in [1.807, 2.05) is 0 Å². The average Bonchev–Trinajstić information content (AvgIpc) is 2.51. The highest BCUT2D eigenvalue weighted by Crippen LogP contribution is 2.32. The Balaban J connectivity index is 1.91. The molecule has 0 saturated carbocycles. The van der Waals surface area contributed by atoms with E-state index in [-0.39, 0.29) is 0 Å². The van der Waals surface area contributed by atoms with Gasteiger partial charge in [-0.15, -0.1) is 0 Å². The molecule has 4 heteroatoms. The van der Waals surface area contributed by atoms with Crippen molar-refractivity contribution >= 4 is 34.2 Å². The third kappa shape index (κ3) is 3.24. The normalized spacial score (nSPS) is 17.6. The summed E-state index contributed by atoms with van der Waals surface area (Å²) in [7, 11) is 0. The molecule has 1 atom stereocenters.